The molecule has 1 heterocycles. The summed E-state index contributed by atoms with van der Waals surface area (Å²) in [5.41, 5.74) is 1.23. The number of benzene rings is 1. The molecule has 2 rings (SSSR count). The lowest BCUT2D eigenvalue weighted by atomic mass is 9.98. The molecule has 0 aliphatic carbocycles. The van der Waals surface area contributed by atoms with E-state index in [2.05, 4.69) is 27.4 Å². The van der Waals surface area contributed by atoms with E-state index in [0.29, 0.717) is 29.5 Å². The van der Waals surface area contributed by atoms with Crippen molar-refractivity contribution in [2.75, 3.05) is 39.5 Å². The van der Waals surface area contributed by atoms with Crippen molar-refractivity contribution in [3.63, 3.8) is 0 Å². The van der Waals surface area contributed by atoms with Gasteiger partial charge in [-0.25, -0.2) is 12.8 Å². The maximum atomic E-state index is 13.6. The summed E-state index contributed by atoms with van der Waals surface area (Å²) in [6, 6.07) is 4.20. The number of halogens is 1. The molecule has 0 radical (unpaired) electrons. The molecule has 1 fully saturated rings. The molecule has 6 nitrogen and oxygen atoms in total. The van der Waals surface area contributed by atoms with E-state index in [-0.39, 0.29) is 11.6 Å². The molecule has 1 aromatic carbocycles. The highest BCUT2D eigenvalue weighted by Gasteiger charge is 2.19. The lowest BCUT2D eigenvalue weighted by molar-refractivity contribution is 0.183. The Balaban J connectivity index is 1.93. The zero-order valence-electron chi connectivity index (χ0n) is 16.5. The summed E-state index contributed by atoms with van der Waals surface area (Å²) in [4.78, 5) is 6.68. The molecule has 0 aromatic heterocycles. The van der Waals surface area contributed by atoms with Crippen molar-refractivity contribution < 1.29 is 12.8 Å². The monoisotopic (exact) mass is 398 g/mol. The quantitative estimate of drug-likeness (QED) is 0.541. The first kappa shape index (κ1) is 21.6. The van der Waals surface area contributed by atoms with Crippen molar-refractivity contribution in [3.05, 3.63) is 35.1 Å². The Labute approximate surface area is 162 Å². The van der Waals surface area contributed by atoms with Gasteiger partial charge in [0.1, 0.15) is 5.82 Å². The maximum absolute atomic E-state index is 13.6. The first-order valence-corrected chi connectivity index (χ1v) is 11.5. The molecule has 2 N–H and O–H groups in total. The number of rotatable bonds is 7. The Bertz CT molecular complexity index is 752. The summed E-state index contributed by atoms with van der Waals surface area (Å²) >= 11 is 0. The van der Waals surface area contributed by atoms with Gasteiger partial charge in [-0.05, 0) is 55.1 Å². The number of hydrogen-bond donors (Lipinski definition) is 2. The average Bonchev–Trinajstić information content (AvgIpc) is 2.63. The van der Waals surface area contributed by atoms with Gasteiger partial charge < -0.3 is 15.5 Å². The van der Waals surface area contributed by atoms with Crippen molar-refractivity contribution in [1.82, 2.24) is 15.5 Å². The van der Waals surface area contributed by atoms with Crippen molar-refractivity contribution in [2.45, 2.75) is 32.1 Å². The first-order chi connectivity index (χ1) is 12.8. The van der Waals surface area contributed by atoms with Crippen LogP contribution in [-0.2, 0) is 22.1 Å². The fraction of sp³-hybridized carbons (Fsp3) is 0.632. The van der Waals surface area contributed by atoms with Gasteiger partial charge >= 0.3 is 0 Å². The highest BCUT2D eigenvalue weighted by Crippen LogP contribution is 2.16. The first-order valence-electron chi connectivity index (χ1n) is 9.42. The van der Waals surface area contributed by atoms with Gasteiger partial charge in [-0.2, -0.15) is 0 Å². The molecule has 0 bridgehead atoms. The fourth-order valence-corrected chi connectivity index (χ4v) is 4.27. The van der Waals surface area contributed by atoms with Gasteiger partial charge in [-0.1, -0.05) is 13.0 Å². The lowest BCUT2D eigenvalue weighted by Gasteiger charge is -2.32. The van der Waals surface area contributed by atoms with Crippen LogP contribution < -0.4 is 10.6 Å². The predicted molar refractivity (Wildman–Crippen MR) is 108 cm³/mol. The average molecular weight is 399 g/mol. The molecular formula is C19H31FN4O2S. The summed E-state index contributed by atoms with van der Waals surface area (Å²) in [6.07, 6.45) is 3.59. The SMILES string of the molecule is CCN1CCCC(CNC(=NC)NCc2cc(F)ccc2CS(C)(=O)=O)C1. The zero-order valence-corrected chi connectivity index (χ0v) is 17.3. The smallest absolute Gasteiger partial charge is 0.191 e. The summed E-state index contributed by atoms with van der Waals surface area (Å²) in [5, 5.41) is 6.50. The summed E-state index contributed by atoms with van der Waals surface area (Å²) in [7, 11) is -1.50. The van der Waals surface area contributed by atoms with Gasteiger partial charge in [0.2, 0.25) is 0 Å². The van der Waals surface area contributed by atoms with E-state index in [0.717, 1.165) is 19.6 Å². The standard InChI is InChI=1S/C19H31FN4O2S/c1-4-24-9-5-6-15(13-24)11-22-19(21-2)23-12-17-10-18(20)8-7-16(17)14-27(3,25)26/h7-8,10,15H,4-6,9,11-14H2,1-3H3,(H2,21,22,23). The minimum atomic E-state index is -3.19. The van der Waals surface area contributed by atoms with Crippen LogP contribution in [0.2, 0.25) is 0 Å². The Kier molecular flexibility index (Phi) is 8.04. The van der Waals surface area contributed by atoms with Gasteiger partial charge in [-0.3, -0.25) is 4.99 Å². The third-order valence-corrected chi connectivity index (χ3v) is 5.70. The van der Waals surface area contributed by atoms with Crippen LogP contribution in [-0.4, -0.2) is 58.8 Å². The van der Waals surface area contributed by atoms with Crippen LogP contribution in [0, 0.1) is 11.7 Å². The number of nitrogens with one attached hydrogen (secondary N) is 2. The molecule has 1 saturated heterocycles. The van der Waals surface area contributed by atoms with E-state index in [9.17, 15) is 12.8 Å². The third kappa shape index (κ3) is 7.46. The van der Waals surface area contributed by atoms with Crippen LogP contribution in [0.3, 0.4) is 0 Å². The summed E-state index contributed by atoms with van der Waals surface area (Å²) < 4.78 is 36.8. The van der Waals surface area contributed by atoms with Crippen LogP contribution in [0.4, 0.5) is 4.39 Å². The largest absolute Gasteiger partial charge is 0.356 e. The predicted octanol–water partition coefficient (Wildman–Crippen LogP) is 1.77. The number of guanidine groups is 1. The van der Waals surface area contributed by atoms with Crippen molar-refractivity contribution in [2.24, 2.45) is 10.9 Å². The summed E-state index contributed by atoms with van der Waals surface area (Å²) in [5.74, 6) is 0.727. The van der Waals surface area contributed by atoms with Crippen LogP contribution >= 0.6 is 0 Å². The topological polar surface area (TPSA) is 73.8 Å². The van der Waals surface area contributed by atoms with Crippen LogP contribution in [0.25, 0.3) is 0 Å². The molecule has 152 valence electrons. The van der Waals surface area contributed by atoms with E-state index >= 15 is 0 Å². The van der Waals surface area contributed by atoms with Crippen LogP contribution in [0.1, 0.15) is 30.9 Å². The second kappa shape index (κ2) is 10.0. The maximum Gasteiger partial charge on any atom is 0.191 e. The molecule has 1 aliphatic rings. The highest BCUT2D eigenvalue weighted by atomic mass is 32.2. The second-order valence-electron chi connectivity index (χ2n) is 7.19. The van der Waals surface area contributed by atoms with Gasteiger partial charge in [-0.15, -0.1) is 0 Å². The summed E-state index contributed by atoms with van der Waals surface area (Å²) in [6.45, 7) is 6.66. The van der Waals surface area contributed by atoms with E-state index in [4.69, 9.17) is 0 Å². The fourth-order valence-electron chi connectivity index (χ4n) is 3.43. The molecule has 0 spiro atoms. The Morgan fingerprint density at radius 3 is 2.78 bits per heavy atom. The molecule has 1 atom stereocenters. The van der Waals surface area contributed by atoms with E-state index in [1.54, 1.807) is 7.05 Å². The molecule has 27 heavy (non-hydrogen) atoms. The number of nitrogens with zero attached hydrogens (tertiary/aromatic N) is 2. The van der Waals surface area contributed by atoms with E-state index < -0.39 is 9.84 Å². The molecule has 8 heteroatoms. The minimum Gasteiger partial charge on any atom is -0.356 e. The van der Waals surface area contributed by atoms with Crippen molar-refractivity contribution in [1.29, 1.82) is 0 Å². The van der Waals surface area contributed by atoms with E-state index in [1.165, 1.54) is 43.8 Å². The molecule has 0 saturated carbocycles. The highest BCUT2D eigenvalue weighted by molar-refractivity contribution is 7.89. The Morgan fingerprint density at radius 2 is 2.11 bits per heavy atom. The lowest BCUT2D eigenvalue weighted by Crippen LogP contribution is -2.44. The number of sulfone groups is 1. The van der Waals surface area contributed by atoms with Gasteiger partial charge in [0.25, 0.3) is 0 Å². The molecule has 0 amide bonds. The van der Waals surface area contributed by atoms with E-state index in [1.807, 2.05) is 0 Å². The third-order valence-electron chi connectivity index (χ3n) is 4.86. The Morgan fingerprint density at radius 1 is 1.33 bits per heavy atom. The van der Waals surface area contributed by atoms with Crippen molar-refractivity contribution in [3.8, 4) is 0 Å². The number of piperidine rings is 1. The normalized spacial score (nSPS) is 19.1. The number of aliphatic imine (C=N–C) groups is 1. The molecule has 1 aliphatic heterocycles. The van der Waals surface area contributed by atoms with Crippen LogP contribution in [0.5, 0.6) is 0 Å². The Hall–Kier alpha value is -1.67. The van der Waals surface area contributed by atoms with Gasteiger partial charge in [0.15, 0.2) is 15.8 Å². The van der Waals surface area contributed by atoms with Crippen LogP contribution in [0.15, 0.2) is 23.2 Å². The molecular weight excluding hydrogens is 367 g/mol. The van der Waals surface area contributed by atoms with Gasteiger partial charge in [0, 0.05) is 32.9 Å². The zero-order chi connectivity index (χ0) is 19.9. The molecule has 1 unspecified atom stereocenters. The second-order valence-corrected chi connectivity index (χ2v) is 9.33. The van der Waals surface area contributed by atoms with Crippen molar-refractivity contribution >= 4 is 15.8 Å². The van der Waals surface area contributed by atoms with Gasteiger partial charge in [0.05, 0.1) is 5.75 Å². The number of likely N-dealkylation sites (tertiary alicyclic amines) is 1. The minimum absolute atomic E-state index is 0.106. The molecule has 1 aromatic rings. The number of hydrogen-bond acceptors (Lipinski definition) is 4.